The Morgan fingerprint density at radius 3 is 3.00 bits per heavy atom. The number of hydrogen-bond donors (Lipinski definition) is 2. The molecule has 0 saturated heterocycles. The van der Waals surface area contributed by atoms with Gasteiger partial charge in [-0.2, -0.15) is 5.10 Å². The Kier molecular flexibility index (Phi) is 4.24. The molecule has 26 heavy (non-hydrogen) atoms. The van der Waals surface area contributed by atoms with Gasteiger partial charge in [0.2, 0.25) is 0 Å². The van der Waals surface area contributed by atoms with Crippen molar-refractivity contribution in [2.75, 3.05) is 7.11 Å². The van der Waals surface area contributed by atoms with Crippen molar-refractivity contribution in [3.05, 3.63) is 59.4 Å². The zero-order valence-corrected chi connectivity index (χ0v) is 15.0. The van der Waals surface area contributed by atoms with Gasteiger partial charge in [0.25, 0.3) is 5.91 Å². The van der Waals surface area contributed by atoms with E-state index in [0.29, 0.717) is 5.69 Å². The fraction of sp³-hybridized carbons (Fsp3) is 0.300. The van der Waals surface area contributed by atoms with Crippen molar-refractivity contribution < 1.29 is 9.53 Å². The zero-order chi connectivity index (χ0) is 18.1. The third-order valence-corrected chi connectivity index (χ3v) is 5.00. The number of aromatic amines is 1. The molecule has 6 nitrogen and oxygen atoms in total. The molecule has 0 saturated carbocycles. The molecular weight excluding hydrogens is 328 g/mol. The predicted octanol–water partition coefficient (Wildman–Crippen LogP) is 3.23. The minimum Gasteiger partial charge on any atom is -0.497 e. The van der Waals surface area contributed by atoms with Gasteiger partial charge in [0.1, 0.15) is 17.1 Å². The fourth-order valence-electron chi connectivity index (χ4n) is 3.60. The van der Waals surface area contributed by atoms with Gasteiger partial charge in [-0.3, -0.25) is 9.89 Å². The molecule has 1 amide bonds. The fourth-order valence-corrected chi connectivity index (χ4v) is 3.60. The van der Waals surface area contributed by atoms with E-state index < -0.39 is 0 Å². The standard InChI is InChI=1S/C20H22N4O2/c1-24-10-4-7-19(24)17-12-18(23-22-17)20(25)21-16-6-3-5-13-11-14(26-2)8-9-15(13)16/h4,7-12,16H,3,5-6H2,1-2H3,(H,21,25)(H,22,23)/t16-/m1/s1. The number of carbonyl (C=O) groups is 1. The maximum atomic E-state index is 12.7. The zero-order valence-electron chi connectivity index (χ0n) is 15.0. The molecule has 1 aliphatic rings. The predicted molar refractivity (Wildman–Crippen MR) is 99.1 cm³/mol. The highest BCUT2D eigenvalue weighted by atomic mass is 16.5. The summed E-state index contributed by atoms with van der Waals surface area (Å²) in [5, 5.41) is 10.3. The molecule has 1 aliphatic carbocycles. The summed E-state index contributed by atoms with van der Waals surface area (Å²) in [5.41, 5.74) is 4.62. The number of benzene rings is 1. The van der Waals surface area contributed by atoms with Crippen LogP contribution in [0.3, 0.4) is 0 Å². The molecule has 0 spiro atoms. The van der Waals surface area contributed by atoms with Crippen LogP contribution in [0.4, 0.5) is 0 Å². The van der Waals surface area contributed by atoms with E-state index in [1.165, 1.54) is 11.1 Å². The third-order valence-electron chi connectivity index (χ3n) is 5.00. The van der Waals surface area contributed by atoms with E-state index in [-0.39, 0.29) is 11.9 Å². The quantitative estimate of drug-likeness (QED) is 0.759. The first kappa shape index (κ1) is 16.4. The molecule has 4 rings (SSSR count). The summed E-state index contributed by atoms with van der Waals surface area (Å²) in [6, 6.07) is 11.8. The van der Waals surface area contributed by atoms with Gasteiger partial charge >= 0.3 is 0 Å². The monoisotopic (exact) mass is 350 g/mol. The first-order chi connectivity index (χ1) is 12.7. The topological polar surface area (TPSA) is 71.9 Å². The van der Waals surface area contributed by atoms with Crippen LogP contribution in [0, 0.1) is 0 Å². The Bertz CT molecular complexity index is 941. The van der Waals surface area contributed by atoms with Crippen molar-refractivity contribution in [3.8, 4) is 17.1 Å². The SMILES string of the molecule is COc1ccc2c(c1)CCC[C@H]2NC(=O)c1cc(-c2cccn2C)n[nH]1. The van der Waals surface area contributed by atoms with Crippen molar-refractivity contribution in [1.29, 1.82) is 0 Å². The molecule has 134 valence electrons. The van der Waals surface area contributed by atoms with Crippen LogP contribution in [0.15, 0.2) is 42.6 Å². The summed E-state index contributed by atoms with van der Waals surface area (Å²) in [7, 11) is 3.63. The van der Waals surface area contributed by atoms with Crippen LogP contribution in [0.2, 0.25) is 0 Å². The van der Waals surface area contributed by atoms with Crippen LogP contribution >= 0.6 is 0 Å². The molecule has 1 atom stereocenters. The number of hydrogen-bond acceptors (Lipinski definition) is 3. The van der Waals surface area contributed by atoms with Crippen molar-refractivity contribution in [1.82, 2.24) is 20.1 Å². The van der Waals surface area contributed by atoms with E-state index >= 15 is 0 Å². The molecule has 0 aliphatic heterocycles. The van der Waals surface area contributed by atoms with Crippen LogP contribution < -0.4 is 10.1 Å². The number of methoxy groups -OCH3 is 1. The molecule has 0 unspecified atom stereocenters. The summed E-state index contributed by atoms with van der Waals surface area (Å²) >= 11 is 0. The average molecular weight is 350 g/mol. The van der Waals surface area contributed by atoms with Crippen LogP contribution in [0.5, 0.6) is 5.75 Å². The van der Waals surface area contributed by atoms with E-state index in [1.807, 2.05) is 36.0 Å². The summed E-state index contributed by atoms with van der Waals surface area (Å²) in [6.45, 7) is 0. The molecule has 0 bridgehead atoms. The number of amides is 1. The summed E-state index contributed by atoms with van der Waals surface area (Å²) in [5.74, 6) is 0.725. The van der Waals surface area contributed by atoms with Gasteiger partial charge in [0.05, 0.1) is 18.8 Å². The van der Waals surface area contributed by atoms with Gasteiger partial charge < -0.3 is 14.6 Å². The number of ether oxygens (including phenoxy) is 1. The minimum absolute atomic E-state index is 0.0129. The lowest BCUT2D eigenvalue weighted by Gasteiger charge is -2.26. The molecule has 3 aromatic rings. The number of aromatic nitrogens is 3. The van der Waals surface area contributed by atoms with Crippen molar-refractivity contribution in [2.45, 2.75) is 25.3 Å². The second kappa shape index (κ2) is 6.71. The number of nitrogens with zero attached hydrogens (tertiary/aromatic N) is 2. The molecule has 2 N–H and O–H groups in total. The molecule has 0 fully saturated rings. The highest BCUT2D eigenvalue weighted by Gasteiger charge is 2.23. The van der Waals surface area contributed by atoms with Crippen LogP contribution in [-0.4, -0.2) is 27.8 Å². The summed E-state index contributed by atoms with van der Waals surface area (Å²) in [6.07, 6.45) is 4.95. The van der Waals surface area contributed by atoms with Crippen LogP contribution in [-0.2, 0) is 13.5 Å². The lowest BCUT2D eigenvalue weighted by Crippen LogP contribution is -2.31. The van der Waals surface area contributed by atoms with Crippen LogP contribution in [0.1, 0.15) is 40.5 Å². The Balaban J connectivity index is 1.53. The van der Waals surface area contributed by atoms with Gasteiger partial charge in [-0.05, 0) is 60.7 Å². The van der Waals surface area contributed by atoms with Gasteiger partial charge in [0.15, 0.2) is 0 Å². The Morgan fingerprint density at radius 2 is 2.23 bits per heavy atom. The lowest BCUT2D eigenvalue weighted by molar-refractivity contribution is 0.0927. The Morgan fingerprint density at radius 1 is 1.35 bits per heavy atom. The van der Waals surface area contributed by atoms with E-state index in [0.717, 1.165) is 36.4 Å². The number of rotatable bonds is 4. The average Bonchev–Trinajstić information content (AvgIpc) is 3.30. The first-order valence-corrected chi connectivity index (χ1v) is 8.80. The van der Waals surface area contributed by atoms with E-state index in [2.05, 4.69) is 27.6 Å². The highest BCUT2D eigenvalue weighted by molar-refractivity contribution is 5.93. The Labute approximate surface area is 152 Å². The normalized spacial score (nSPS) is 16.2. The van der Waals surface area contributed by atoms with Gasteiger partial charge in [-0.15, -0.1) is 0 Å². The van der Waals surface area contributed by atoms with Gasteiger partial charge in [0, 0.05) is 13.2 Å². The van der Waals surface area contributed by atoms with Crippen molar-refractivity contribution in [2.24, 2.45) is 7.05 Å². The van der Waals surface area contributed by atoms with E-state index in [4.69, 9.17) is 4.74 Å². The number of carbonyl (C=O) groups excluding carboxylic acids is 1. The van der Waals surface area contributed by atoms with E-state index in [9.17, 15) is 4.79 Å². The lowest BCUT2D eigenvalue weighted by atomic mass is 9.87. The maximum Gasteiger partial charge on any atom is 0.269 e. The van der Waals surface area contributed by atoms with Crippen molar-refractivity contribution in [3.63, 3.8) is 0 Å². The summed E-state index contributed by atoms with van der Waals surface area (Å²) < 4.78 is 7.29. The highest BCUT2D eigenvalue weighted by Crippen LogP contribution is 2.32. The number of H-pyrrole nitrogens is 1. The van der Waals surface area contributed by atoms with E-state index in [1.54, 1.807) is 13.2 Å². The molecule has 2 heterocycles. The second-order valence-corrected chi connectivity index (χ2v) is 6.65. The van der Waals surface area contributed by atoms with Gasteiger partial charge in [-0.25, -0.2) is 0 Å². The summed E-state index contributed by atoms with van der Waals surface area (Å²) in [4.78, 5) is 12.7. The number of aryl methyl sites for hydroxylation is 2. The molecule has 1 aromatic carbocycles. The number of nitrogens with one attached hydrogen (secondary N) is 2. The smallest absolute Gasteiger partial charge is 0.269 e. The largest absolute Gasteiger partial charge is 0.497 e. The molecule has 2 aromatic heterocycles. The number of fused-ring (bicyclic) bond motifs is 1. The molecule has 0 radical (unpaired) electrons. The third kappa shape index (κ3) is 2.98. The Hall–Kier alpha value is -3.02. The first-order valence-electron chi connectivity index (χ1n) is 8.80. The minimum atomic E-state index is -0.133. The second-order valence-electron chi connectivity index (χ2n) is 6.65. The molecule has 6 heteroatoms. The molecular formula is C20H22N4O2. The van der Waals surface area contributed by atoms with Gasteiger partial charge in [-0.1, -0.05) is 6.07 Å². The van der Waals surface area contributed by atoms with Crippen LogP contribution in [0.25, 0.3) is 11.4 Å². The van der Waals surface area contributed by atoms with Crippen molar-refractivity contribution >= 4 is 5.91 Å². The maximum absolute atomic E-state index is 12.7.